The number of para-hydroxylation sites is 2. The van der Waals surface area contributed by atoms with Gasteiger partial charge in [0.25, 0.3) is 0 Å². The lowest BCUT2D eigenvalue weighted by Gasteiger charge is -2.12. The van der Waals surface area contributed by atoms with E-state index in [-0.39, 0.29) is 0 Å². The van der Waals surface area contributed by atoms with E-state index in [2.05, 4.69) is 83.5 Å². The molecule has 0 aliphatic rings. The molecule has 46 heavy (non-hydrogen) atoms. The smallest absolute Gasteiger partial charge is 0.164 e. The van der Waals surface area contributed by atoms with Gasteiger partial charge in [-0.25, -0.2) is 19.9 Å². The second-order valence-corrected chi connectivity index (χ2v) is 10.7. The quantitative estimate of drug-likeness (QED) is 0.165. The van der Waals surface area contributed by atoms with E-state index in [1.165, 1.54) is 0 Å². The van der Waals surface area contributed by atoms with E-state index in [1.807, 2.05) is 97.9 Å². The molecule has 0 saturated heterocycles. The molecular weight excluding hydrogens is 562 g/mol. The maximum absolute atomic E-state index is 5.10. The van der Waals surface area contributed by atoms with Crippen LogP contribution >= 0.6 is 0 Å². The first-order valence-electron chi connectivity index (χ1n) is 15.3. The van der Waals surface area contributed by atoms with Crippen molar-refractivity contribution in [1.29, 1.82) is 0 Å². The van der Waals surface area contributed by atoms with Crippen molar-refractivity contribution >= 4 is 22.8 Å². The lowest BCUT2D eigenvalue weighted by molar-refractivity contribution is 1.07. The minimum Gasteiger partial charge on any atom is -0.292 e. The Morgan fingerprint density at radius 2 is 1.02 bits per heavy atom. The van der Waals surface area contributed by atoms with Crippen molar-refractivity contribution < 1.29 is 0 Å². The lowest BCUT2D eigenvalue weighted by Crippen LogP contribution is -2.00. The van der Waals surface area contributed by atoms with Crippen LogP contribution in [0, 0.1) is 0 Å². The molecular formula is C41H31N5. The number of imidazole rings is 1. The molecule has 0 saturated carbocycles. The summed E-state index contributed by atoms with van der Waals surface area (Å²) in [6, 6.07) is 46.9. The maximum atomic E-state index is 5.10. The van der Waals surface area contributed by atoms with Crippen LogP contribution in [0.3, 0.4) is 0 Å². The SMILES string of the molecule is C\C=C/C=C(\C=C\c1ccccc1)n1c(-c2ccc(-c3nc(-c4ccccc4)nc(-c4ccccc4)n3)cc2)nc2ccccc21. The third-order valence-electron chi connectivity index (χ3n) is 7.63. The molecule has 5 aromatic carbocycles. The molecule has 0 amide bonds. The second kappa shape index (κ2) is 13.2. The van der Waals surface area contributed by atoms with Crippen LogP contribution in [0.4, 0.5) is 0 Å². The summed E-state index contributed by atoms with van der Waals surface area (Å²) < 4.78 is 2.22. The van der Waals surface area contributed by atoms with Gasteiger partial charge in [0, 0.05) is 28.0 Å². The fourth-order valence-electron chi connectivity index (χ4n) is 5.33. The van der Waals surface area contributed by atoms with Gasteiger partial charge in [-0.3, -0.25) is 4.57 Å². The van der Waals surface area contributed by atoms with Crippen molar-refractivity contribution in [2.24, 2.45) is 0 Å². The van der Waals surface area contributed by atoms with E-state index < -0.39 is 0 Å². The number of allylic oxidation sites excluding steroid dienone is 5. The first kappa shape index (κ1) is 28.6. The Morgan fingerprint density at radius 1 is 0.522 bits per heavy atom. The number of hydrogen-bond acceptors (Lipinski definition) is 4. The Bertz CT molecular complexity index is 2120. The van der Waals surface area contributed by atoms with Gasteiger partial charge in [-0.05, 0) is 36.8 Å². The number of aromatic nitrogens is 5. The second-order valence-electron chi connectivity index (χ2n) is 10.7. The Hall–Kier alpha value is -6.20. The largest absolute Gasteiger partial charge is 0.292 e. The van der Waals surface area contributed by atoms with Crippen LogP contribution in [0.5, 0.6) is 0 Å². The molecule has 7 aromatic rings. The highest BCUT2D eigenvalue weighted by atomic mass is 15.1. The van der Waals surface area contributed by atoms with E-state index in [0.717, 1.165) is 50.4 Å². The highest BCUT2D eigenvalue weighted by molar-refractivity contribution is 5.88. The number of nitrogens with zero attached hydrogens (tertiary/aromatic N) is 5. The van der Waals surface area contributed by atoms with E-state index >= 15 is 0 Å². The number of rotatable bonds is 8. The van der Waals surface area contributed by atoms with Crippen molar-refractivity contribution in [3.05, 3.63) is 169 Å². The maximum Gasteiger partial charge on any atom is 0.164 e. The molecule has 0 bridgehead atoms. The molecule has 0 radical (unpaired) electrons. The van der Waals surface area contributed by atoms with Crippen LogP contribution in [0.25, 0.3) is 68.4 Å². The van der Waals surface area contributed by atoms with Crippen LogP contribution in [-0.2, 0) is 0 Å². The van der Waals surface area contributed by atoms with Crippen LogP contribution in [0.2, 0.25) is 0 Å². The Balaban J connectivity index is 1.32. The van der Waals surface area contributed by atoms with Crippen molar-refractivity contribution in [3.63, 3.8) is 0 Å². The third kappa shape index (κ3) is 6.07. The molecule has 0 atom stereocenters. The minimum atomic E-state index is 0.618. The van der Waals surface area contributed by atoms with Gasteiger partial charge in [-0.1, -0.05) is 146 Å². The molecule has 0 spiro atoms. The normalized spacial score (nSPS) is 12.0. The van der Waals surface area contributed by atoms with Crippen LogP contribution in [-0.4, -0.2) is 24.5 Å². The summed E-state index contributed by atoms with van der Waals surface area (Å²) in [5, 5.41) is 0. The fourth-order valence-corrected chi connectivity index (χ4v) is 5.33. The van der Waals surface area contributed by atoms with Crippen molar-refractivity contribution in [1.82, 2.24) is 24.5 Å². The number of hydrogen-bond donors (Lipinski definition) is 0. The molecule has 0 N–H and O–H groups in total. The lowest BCUT2D eigenvalue weighted by atomic mass is 10.1. The minimum absolute atomic E-state index is 0.618. The molecule has 0 aliphatic carbocycles. The summed E-state index contributed by atoms with van der Waals surface area (Å²) in [6.07, 6.45) is 10.5. The highest BCUT2D eigenvalue weighted by Crippen LogP contribution is 2.31. The Kier molecular flexibility index (Phi) is 8.20. The summed E-state index contributed by atoms with van der Waals surface area (Å²) in [5.74, 6) is 2.75. The van der Waals surface area contributed by atoms with Gasteiger partial charge in [-0.15, -0.1) is 0 Å². The van der Waals surface area contributed by atoms with Crippen molar-refractivity contribution in [3.8, 4) is 45.6 Å². The van der Waals surface area contributed by atoms with Crippen LogP contribution in [0.15, 0.2) is 164 Å². The van der Waals surface area contributed by atoms with E-state index in [9.17, 15) is 0 Å². The first-order chi connectivity index (χ1) is 22.8. The molecule has 0 fully saturated rings. The predicted octanol–water partition coefficient (Wildman–Crippen LogP) is 10.0. The van der Waals surface area contributed by atoms with Gasteiger partial charge >= 0.3 is 0 Å². The Morgan fingerprint density at radius 3 is 1.61 bits per heavy atom. The molecule has 220 valence electrons. The van der Waals surface area contributed by atoms with Gasteiger partial charge in [0.1, 0.15) is 5.82 Å². The van der Waals surface area contributed by atoms with Gasteiger partial charge in [0.05, 0.1) is 11.0 Å². The summed E-state index contributed by atoms with van der Waals surface area (Å²) in [4.78, 5) is 19.7. The molecule has 5 heteroatoms. The van der Waals surface area contributed by atoms with E-state index in [0.29, 0.717) is 17.5 Å². The number of fused-ring (bicyclic) bond motifs is 1. The summed E-state index contributed by atoms with van der Waals surface area (Å²) in [6.45, 7) is 2.02. The molecule has 2 heterocycles. The molecule has 5 nitrogen and oxygen atoms in total. The van der Waals surface area contributed by atoms with E-state index in [1.54, 1.807) is 0 Å². The standard InChI is InChI=1S/C41H31N5/c1-2-3-21-35(29-24-30-15-7-4-8-16-30)46-37-23-14-13-22-36(37)42-41(46)34-27-25-33(26-28-34)40-44-38(31-17-9-5-10-18-31)43-39(45-40)32-19-11-6-12-20-32/h2-29H,1H3/b3-2-,29-24+,35-21+. The monoisotopic (exact) mass is 593 g/mol. The third-order valence-corrected chi connectivity index (χ3v) is 7.63. The highest BCUT2D eigenvalue weighted by Gasteiger charge is 2.16. The first-order valence-corrected chi connectivity index (χ1v) is 15.3. The molecule has 0 aliphatic heterocycles. The predicted molar refractivity (Wildman–Crippen MR) is 189 cm³/mol. The van der Waals surface area contributed by atoms with Gasteiger partial charge in [0.2, 0.25) is 0 Å². The zero-order valence-electron chi connectivity index (χ0n) is 25.4. The topological polar surface area (TPSA) is 56.5 Å². The van der Waals surface area contributed by atoms with Gasteiger partial charge < -0.3 is 0 Å². The summed E-state index contributed by atoms with van der Waals surface area (Å²) in [5.41, 5.74) is 7.87. The molecule has 7 rings (SSSR count). The van der Waals surface area contributed by atoms with Crippen LogP contribution < -0.4 is 0 Å². The molecule has 0 unspecified atom stereocenters. The van der Waals surface area contributed by atoms with E-state index in [4.69, 9.17) is 19.9 Å². The zero-order chi connectivity index (χ0) is 31.1. The summed E-state index contributed by atoms with van der Waals surface area (Å²) in [7, 11) is 0. The average Bonchev–Trinajstić information content (AvgIpc) is 3.52. The number of benzene rings is 5. The Labute approximate surface area is 268 Å². The average molecular weight is 594 g/mol. The van der Waals surface area contributed by atoms with Crippen molar-refractivity contribution in [2.75, 3.05) is 0 Å². The summed E-state index contributed by atoms with van der Waals surface area (Å²) >= 11 is 0. The van der Waals surface area contributed by atoms with Crippen molar-refractivity contribution in [2.45, 2.75) is 6.92 Å². The molecule has 2 aromatic heterocycles. The fraction of sp³-hybridized carbons (Fsp3) is 0.0244. The zero-order valence-corrected chi connectivity index (χ0v) is 25.4. The van der Waals surface area contributed by atoms with Gasteiger partial charge in [-0.2, -0.15) is 0 Å². The van der Waals surface area contributed by atoms with Crippen LogP contribution in [0.1, 0.15) is 12.5 Å². The van der Waals surface area contributed by atoms with Gasteiger partial charge in [0.15, 0.2) is 17.5 Å².